The molecule has 2 N–H and O–H groups in total. The maximum atomic E-state index is 15.1. The molecule has 350 valence electrons. The van der Waals surface area contributed by atoms with Gasteiger partial charge in [-0.3, -0.25) is 33.0 Å². The number of aromatic nitrogens is 6. The maximum absolute atomic E-state index is 15.1. The summed E-state index contributed by atoms with van der Waals surface area (Å²) in [5, 5.41) is 9.19. The number of anilines is 1. The predicted molar refractivity (Wildman–Crippen MR) is 226 cm³/mol. The van der Waals surface area contributed by atoms with Crippen molar-refractivity contribution in [1.82, 2.24) is 34.4 Å². The maximum Gasteiger partial charge on any atom is 0.435 e. The Kier molecular flexibility index (Phi) is 12.2. The number of carbonyl (C=O) groups is 2. The minimum absolute atomic E-state index is 0.0325. The molecule has 8 rings (SSSR count). The molecule has 1 amide bonds. The number of fused-ring (bicyclic) bond motifs is 3. The van der Waals surface area contributed by atoms with Crippen molar-refractivity contribution in [3.8, 4) is 16.8 Å². The number of alkyl halides is 6. The van der Waals surface area contributed by atoms with Crippen LogP contribution in [0.1, 0.15) is 58.1 Å². The van der Waals surface area contributed by atoms with Crippen LogP contribution in [0.15, 0.2) is 71.5 Å². The highest BCUT2D eigenvalue weighted by Gasteiger charge is 2.41. The first-order chi connectivity index (χ1) is 31.5. The normalized spacial score (nSPS) is 13.6. The zero-order valence-electron chi connectivity index (χ0n) is 34.4. The van der Waals surface area contributed by atoms with E-state index in [9.17, 15) is 57.5 Å². The van der Waals surface area contributed by atoms with Gasteiger partial charge >= 0.3 is 12.4 Å². The Morgan fingerprint density at radius 2 is 1.61 bits per heavy atom. The Hall–Kier alpha value is -6.75. The van der Waals surface area contributed by atoms with Gasteiger partial charge in [-0.25, -0.2) is 26.6 Å². The van der Waals surface area contributed by atoms with Crippen LogP contribution in [0.4, 0.5) is 45.3 Å². The van der Waals surface area contributed by atoms with Crippen molar-refractivity contribution in [2.24, 2.45) is 0 Å². The van der Waals surface area contributed by atoms with Crippen LogP contribution in [0.3, 0.4) is 0 Å². The standard InChI is InChI=1S/C43H32ClF9N8O5S/c1-2-67(65,66)58-39-36-29(44)10-11-34(37(36)60(57-39)20-42(48,49)50)61-40(55-31-16-23(8-9-27(31)41(61)64)22-6-7-24(19-62)30(47)15-22)32(14-21-12-25(45)17-26(46)13-21)54-35(63)18-59-33-5-3-4-28(33)38(56-59)43(51,52)53/h6-13,15-17,19,32H,2-5,14,18,20H2,1H3,(H,54,63)(H,57,58)/t32-/m0/s1. The van der Waals surface area contributed by atoms with E-state index >= 15 is 4.79 Å². The monoisotopic (exact) mass is 978 g/mol. The van der Waals surface area contributed by atoms with Crippen LogP contribution in [0, 0.1) is 17.5 Å². The first-order valence-corrected chi connectivity index (χ1v) is 22.1. The van der Waals surface area contributed by atoms with Crippen molar-refractivity contribution in [2.45, 2.75) is 64.1 Å². The van der Waals surface area contributed by atoms with Crippen molar-refractivity contribution in [2.75, 3.05) is 10.5 Å². The van der Waals surface area contributed by atoms with E-state index in [0.29, 0.717) is 23.5 Å². The summed E-state index contributed by atoms with van der Waals surface area (Å²) in [5.74, 6) is -5.83. The van der Waals surface area contributed by atoms with Crippen molar-refractivity contribution in [3.05, 3.63) is 133 Å². The molecule has 4 aromatic carbocycles. The Morgan fingerprint density at radius 1 is 0.910 bits per heavy atom. The first-order valence-electron chi connectivity index (χ1n) is 20.0. The summed E-state index contributed by atoms with van der Waals surface area (Å²) in [6.45, 7) is -1.47. The zero-order valence-corrected chi connectivity index (χ0v) is 35.9. The number of halogens is 10. The smallest absolute Gasteiger partial charge is 0.344 e. The lowest BCUT2D eigenvalue weighted by Crippen LogP contribution is -2.38. The van der Waals surface area contributed by atoms with Gasteiger partial charge in [0.2, 0.25) is 15.9 Å². The summed E-state index contributed by atoms with van der Waals surface area (Å²) in [6, 6.07) is 10.3. The fourth-order valence-electron chi connectivity index (χ4n) is 8.08. The summed E-state index contributed by atoms with van der Waals surface area (Å²) in [5.41, 5.74) is -3.42. The van der Waals surface area contributed by atoms with Gasteiger partial charge in [-0.05, 0) is 91.4 Å². The van der Waals surface area contributed by atoms with E-state index in [-0.39, 0.29) is 62.3 Å². The fraction of sp³-hybridized carbons (Fsp3) is 0.256. The lowest BCUT2D eigenvalue weighted by Gasteiger charge is -2.24. The van der Waals surface area contributed by atoms with Crippen LogP contribution in [0.2, 0.25) is 5.02 Å². The lowest BCUT2D eigenvalue weighted by molar-refractivity contribution is -0.142. The number of nitrogens with one attached hydrogen (secondary N) is 2. The summed E-state index contributed by atoms with van der Waals surface area (Å²) in [7, 11) is -4.24. The molecular formula is C43H32ClF9N8O5S. The molecule has 0 radical (unpaired) electrons. The third kappa shape index (κ3) is 9.46. The molecular weight excluding hydrogens is 947 g/mol. The molecule has 0 spiro atoms. The van der Waals surface area contributed by atoms with E-state index in [1.54, 1.807) is 0 Å². The number of benzene rings is 4. The van der Waals surface area contributed by atoms with Crippen LogP contribution in [-0.2, 0) is 53.3 Å². The number of nitrogens with zero attached hydrogens (tertiary/aromatic N) is 6. The number of sulfonamides is 1. The average Bonchev–Trinajstić information content (AvgIpc) is 3.95. The summed E-state index contributed by atoms with van der Waals surface area (Å²) < 4.78 is 159. The molecule has 1 aliphatic carbocycles. The largest absolute Gasteiger partial charge is 0.435 e. The Labute approximate surface area is 377 Å². The Bertz CT molecular complexity index is 3310. The molecule has 13 nitrogen and oxygen atoms in total. The van der Waals surface area contributed by atoms with Crippen LogP contribution in [-0.4, -0.2) is 61.7 Å². The molecule has 1 atom stereocenters. The highest BCUT2D eigenvalue weighted by atomic mass is 35.5. The van der Waals surface area contributed by atoms with E-state index in [2.05, 4.69) is 20.2 Å². The van der Waals surface area contributed by atoms with Crippen LogP contribution < -0.4 is 15.6 Å². The highest BCUT2D eigenvalue weighted by molar-refractivity contribution is 7.92. The molecule has 0 bridgehead atoms. The van der Waals surface area contributed by atoms with Gasteiger partial charge in [0.15, 0.2) is 17.8 Å². The molecule has 0 saturated carbocycles. The molecule has 0 aliphatic heterocycles. The fourth-order valence-corrected chi connectivity index (χ4v) is 8.91. The second-order valence-corrected chi connectivity index (χ2v) is 17.9. The molecule has 0 saturated heterocycles. The van der Waals surface area contributed by atoms with Gasteiger partial charge in [0, 0.05) is 23.7 Å². The molecule has 1 aliphatic rings. The lowest BCUT2D eigenvalue weighted by atomic mass is 10.0. The van der Waals surface area contributed by atoms with Crippen molar-refractivity contribution in [1.29, 1.82) is 0 Å². The summed E-state index contributed by atoms with van der Waals surface area (Å²) in [4.78, 5) is 45.3. The predicted octanol–water partition coefficient (Wildman–Crippen LogP) is 8.41. The van der Waals surface area contributed by atoms with E-state index < -0.39 is 117 Å². The van der Waals surface area contributed by atoms with Gasteiger partial charge in [0.05, 0.1) is 49.9 Å². The molecule has 67 heavy (non-hydrogen) atoms. The number of aldehydes is 1. The molecule has 24 heteroatoms. The number of carbonyl (C=O) groups excluding carboxylic acids is 2. The summed E-state index contributed by atoms with van der Waals surface area (Å²) >= 11 is 6.55. The van der Waals surface area contributed by atoms with E-state index in [4.69, 9.17) is 16.6 Å². The van der Waals surface area contributed by atoms with E-state index in [0.717, 1.165) is 39.6 Å². The zero-order chi connectivity index (χ0) is 48.3. The van der Waals surface area contributed by atoms with Crippen molar-refractivity contribution >= 4 is 61.4 Å². The third-order valence-corrected chi connectivity index (χ3v) is 12.5. The van der Waals surface area contributed by atoms with Crippen molar-refractivity contribution in [3.63, 3.8) is 0 Å². The first kappa shape index (κ1) is 46.8. The van der Waals surface area contributed by atoms with Gasteiger partial charge < -0.3 is 5.32 Å². The second kappa shape index (κ2) is 17.5. The number of amides is 1. The molecule has 0 unspecified atom stereocenters. The average molecular weight is 979 g/mol. The molecule has 3 heterocycles. The number of hydrogen-bond acceptors (Lipinski definition) is 8. The number of hydrogen-bond donors (Lipinski definition) is 2. The van der Waals surface area contributed by atoms with E-state index in [1.807, 2.05) is 0 Å². The quantitative estimate of drug-likeness (QED) is 0.0860. The van der Waals surface area contributed by atoms with Gasteiger partial charge in [0.25, 0.3) is 5.56 Å². The molecule has 0 fully saturated rings. The third-order valence-electron chi connectivity index (χ3n) is 11.0. The van der Waals surface area contributed by atoms with Gasteiger partial charge in [-0.15, -0.1) is 0 Å². The van der Waals surface area contributed by atoms with Gasteiger partial charge in [0.1, 0.15) is 36.4 Å². The van der Waals surface area contributed by atoms with Crippen molar-refractivity contribution < 1.29 is 57.5 Å². The van der Waals surface area contributed by atoms with Crippen LogP contribution in [0.25, 0.3) is 38.6 Å². The Morgan fingerprint density at radius 3 is 2.27 bits per heavy atom. The molecule has 7 aromatic rings. The SMILES string of the molecule is CCS(=O)(=O)Nc1nn(CC(F)(F)F)c2c(-n3c([C@H](Cc4cc(F)cc(F)c4)NC(=O)Cn4nc(C(F)(F)F)c5c4CCC5)nc4cc(-c5ccc(C=O)c(F)c5)ccc4c3=O)ccc(Cl)c12. The Balaban J connectivity index is 1.40. The summed E-state index contributed by atoms with van der Waals surface area (Å²) in [6.07, 6.45) is -9.72. The van der Waals surface area contributed by atoms with Gasteiger partial charge in [-0.1, -0.05) is 23.7 Å². The highest BCUT2D eigenvalue weighted by Crippen LogP contribution is 2.39. The van der Waals surface area contributed by atoms with Crippen LogP contribution >= 0.6 is 11.6 Å². The number of rotatable bonds is 13. The van der Waals surface area contributed by atoms with Crippen LogP contribution in [0.5, 0.6) is 0 Å². The minimum Gasteiger partial charge on any atom is -0.344 e. The minimum atomic E-state index is -5.02. The molecule has 3 aromatic heterocycles. The van der Waals surface area contributed by atoms with Gasteiger partial charge in [-0.2, -0.15) is 36.5 Å². The topological polar surface area (TPSA) is 163 Å². The second-order valence-electron chi connectivity index (χ2n) is 15.5. The van der Waals surface area contributed by atoms with E-state index in [1.165, 1.54) is 37.3 Å².